The van der Waals surface area contributed by atoms with Gasteiger partial charge in [-0.1, -0.05) is 43.9 Å². The van der Waals surface area contributed by atoms with Crippen molar-refractivity contribution < 1.29 is 23.1 Å². The van der Waals surface area contributed by atoms with E-state index in [0.717, 1.165) is 12.8 Å². The lowest BCUT2D eigenvalue weighted by Crippen LogP contribution is -2.50. The van der Waals surface area contributed by atoms with Crippen LogP contribution in [0.4, 0.5) is 0 Å². The topological polar surface area (TPSA) is 100 Å². The number of aliphatic hydroxyl groups excluding tert-OH is 1. The number of hydrogen-bond donors (Lipinski definition) is 1. The number of likely N-dealkylation sites (N-methyl/N-ethyl adjacent to an activating group) is 1. The molecule has 35 heavy (non-hydrogen) atoms. The third-order valence-corrected chi connectivity index (χ3v) is 7.85. The number of carbonyl (C=O) groups excluding carboxylic acids is 1. The molecule has 0 radical (unpaired) electrons. The molecule has 1 aliphatic heterocycles. The third kappa shape index (κ3) is 6.20. The van der Waals surface area contributed by atoms with Gasteiger partial charge >= 0.3 is 0 Å². The number of hydrogen-bond acceptors (Lipinski definition) is 6. The first-order chi connectivity index (χ1) is 16.7. The Morgan fingerprint density at radius 2 is 2.03 bits per heavy atom. The first-order valence-corrected chi connectivity index (χ1v) is 13.2. The van der Waals surface area contributed by atoms with E-state index in [1.807, 2.05) is 13.8 Å². The fourth-order valence-corrected chi connectivity index (χ4v) is 5.01. The second kappa shape index (κ2) is 11.7. The third-order valence-electron chi connectivity index (χ3n) is 6.02. The number of aliphatic hydroxyl groups is 1. The first-order valence-electron chi connectivity index (χ1n) is 11.8. The number of fused-ring (bicyclic) bond motifs is 1. The van der Waals surface area contributed by atoms with Crippen LogP contribution in [0.2, 0.25) is 0 Å². The summed E-state index contributed by atoms with van der Waals surface area (Å²) in [6.45, 7) is 5.85. The number of rotatable bonds is 7. The second-order valence-electron chi connectivity index (χ2n) is 8.85. The van der Waals surface area contributed by atoms with Crippen molar-refractivity contribution in [3.8, 4) is 17.7 Å². The second-order valence-corrected chi connectivity index (χ2v) is 10.9. The highest BCUT2D eigenvalue weighted by molar-refractivity contribution is 7.89. The van der Waals surface area contributed by atoms with Crippen molar-refractivity contribution in [1.82, 2.24) is 14.2 Å². The smallest absolute Gasteiger partial charge is 0.259 e. The average Bonchev–Trinajstić information content (AvgIpc) is 2.86. The van der Waals surface area contributed by atoms with Crippen molar-refractivity contribution in [3.05, 3.63) is 53.7 Å². The van der Waals surface area contributed by atoms with Crippen LogP contribution in [0.25, 0.3) is 0 Å². The first kappa shape index (κ1) is 26.7. The molecule has 0 spiro atoms. The number of aromatic nitrogens is 1. The van der Waals surface area contributed by atoms with Crippen LogP contribution in [0.3, 0.4) is 0 Å². The summed E-state index contributed by atoms with van der Waals surface area (Å²) in [5.74, 6) is 5.67. The maximum absolute atomic E-state index is 13.4. The highest BCUT2D eigenvalue weighted by Gasteiger charge is 2.35. The lowest BCUT2D eigenvalue weighted by molar-refractivity contribution is 0.0373. The Hall–Kier alpha value is -2.93. The van der Waals surface area contributed by atoms with Gasteiger partial charge in [-0.3, -0.25) is 4.79 Å². The molecule has 9 heteroatoms. The molecule has 1 aromatic heterocycles. The number of amides is 1. The Morgan fingerprint density at radius 3 is 2.69 bits per heavy atom. The molecule has 3 rings (SSSR count). The van der Waals surface area contributed by atoms with Gasteiger partial charge in [0.2, 0.25) is 15.9 Å². The molecule has 0 saturated heterocycles. The SMILES string of the molecule is CCCC#Cc1cnc2c(c1)C(=O)N([C@@H](C)CO)C[C@@H](C)[C@H](CN(C)S(=O)(=O)c1ccccc1)O2. The zero-order valence-corrected chi connectivity index (χ0v) is 21.5. The molecule has 2 aromatic rings. The van der Waals surface area contributed by atoms with Crippen molar-refractivity contribution in [2.45, 2.75) is 50.7 Å². The maximum Gasteiger partial charge on any atom is 0.259 e. The number of pyridine rings is 1. The standard InChI is InChI=1S/C26H33N3O5S/c1-5-6-8-11-21-14-23-25(27-15-21)34-24(19(2)16-29(26(23)31)20(3)18-30)17-28(4)35(32,33)22-12-9-7-10-13-22/h7,9-10,12-15,19-20,24,30H,5-6,16-18H2,1-4H3/t19-,20+,24+/m1/s1. The zero-order chi connectivity index (χ0) is 25.6. The summed E-state index contributed by atoms with van der Waals surface area (Å²) < 4.78 is 33.6. The molecule has 0 saturated carbocycles. The van der Waals surface area contributed by atoms with Crippen LogP contribution in [-0.4, -0.2) is 72.5 Å². The van der Waals surface area contributed by atoms with Gasteiger partial charge in [-0.2, -0.15) is 4.31 Å². The predicted molar refractivity (Wildman–Crippen MR) is 133 cm³/mol. The van der Waals surface area contributed by atoms with Crippen molar-refractivity contribution in [1.29, 1.82) is 0 Å². The van der Waals surface area contributed by atoms with E-state index in [0.29, 0.717) is 5.56 Å². The minimum Gasteiger partial charge on any atom is -0.472 e. The minimum absolute atomic E-state index is 0.0626. The lowest BCUT2D eigenvalue weighted by atomic mass is 10.0. The van der Waals surface area contributed by atoms with E-state index in [-0.39, 0.29) is 47.9 Å². The molecule has 1 amide bonds. The Kier molecular flexibility index (Phi) is 8.89. The van der Waals surface area contributed by atoms with Crippen molar-refractivity contribution in [3.63, 3.8) is 0 Å². The fourth-order valence-electron chi connectivity index (χ4n) is 3.80. The molecule has 1 N–H and O–H groups in total. The molecule has 0 fully saturated rings. The van der Waals surface area contributed by atoms with Gasteiger partial charge < -0.3 is 14.7 Å². The summed E-state index contributed by atoms with van der Waals surface area (Å²) >= 11 is 0. The molecule has 0 aliphatic carbocycles. The molecule has 2 heterocycles. The Balaban J connectivity index is 1.97. The van der Waals surface area contributed by atoms with E-state index >= 15 is 0 Å². The number of sulfonamides is 1. The van der Waals surface area contributed by atoms with Crippen LogP contribution >= 0.6 is 0 Å². The van der Waals surface area contributed by atoms with Crippen LogP contribution in [-0.2, 0) is 10.0 Å². The number of ether oxygens (including phenoxy) is 1. The van der Waals surface area contributed by atoms with Gasteiger partial charge in [-0.05, 0) is 31.5 Å². The number of benzene rings is 1. The Labute approximate surface area is 208 Å². The summed E-state index contributed by atoms with van der Waals surface area (Å²) in [4.78, 5) is 19.6. The lowest BCUT2D eigenvalue weighted by Gasteiger charge is -2.37. The maximum atomic E-state index is 13.4. The number of unbranched alkanes of at least 4 members (excludes halogenated alkanes) is 1. The molecule has 1 aromatic carbocycles. The Bertz CT molecular complexity index is 1190. The van der Waals surface area contributed by atoms with Gasteiger partial charge in [0.05, 0.1) is 24.1 Å². The van der Waals surface area contributed by atoms with E-state index in [9.17, 15) is 18.3 Å². The highest BCUT2D eigenvalue weighted by atomic mass is 32.2. The number of carbonyl (C=O) groups is 1. The van der Waals surface area contributed by atoms with Crippen molar-refractivity contribution in [2.24, 2.45) is 5.92 Å². The quantitative estimate of drug-likeness (QED) is 0.588. The Morgan fingerprint density at radius 1 is 1.31 bits per heavy atom. The van der Waals surface area contributed by atoms with E-state index in [2.05, 4.69) is 16.8 Å². The molecular formula is C26H33N3O5S. The van der Waals surface area contributed by atoms with E-state index in [4.69, 9.17) is 4.74 Å². The van der Waals surface area contributed by atoms with Crippen LogP contribution in [0, 0.1) is 17.8 Å². The van der Waals surface area contributed by atoms with Crippen molar-refractivity contribution in [2.75, 3.05) is 26.7 Å². The monoisotopic (exact) mass is 499 g/mol. The largest absolute Gasteiger partial charge is 0.472 e. The summed E-state index contributed by atoms with van der Waals surface area (Å²) in [6, 6.07) is 9.44. The van der Waals surface area contributed by atoms with Crippen LogP contribution in [0.15, 0.2) is 47.5 Å². The van der Waals surface area contributed by atoms with Crippen LogP contribution in [0.5, 0.6) is 5.88 Å². The summed E-state index contributed by atoms with van der Waals surface area (Å²) in [5, 5.41) is 9.79. The normalized spacial score (nSPS) is 19.1. The predicted octanol–water partition coefficient (Wildman–Crippen LogP) is 2.77. The molecule has 0 unspecified atom stereocenters. The molecule has 1 aliphatic rings. The minimum atomic E-state index is -3.73. The fraction of sp³-hybridized carbons (Fsp3) is 0.462. The van der Waals surface area contributed by atoms with Crippen LogP contribution in [0.1, 0.15) is 49.5 Å². The average molecular weight is 500 g/mol. The molecule has 0 bridgehead atoms. The van der Waals surface area contributed by atoms with Gasteiger partial charge in [-0.15, -0.1) is 0 Å². The molecule has 8 nitrogen and oxygen atoms in total. The van der Waals surface area contributed by atoms with Gasteiger partial charge in [0.15, 0.2) is 0 Å². The van der Waals surface area contributed by atoms with Gasteiger partial charge in [-0.25, -0.2) is 13.4 Å². The zero-order valence-electron chi connectivity index (χ0n) is 20.6. The van der Waals surface area contributed by atoms with Gasteiger partial charge in [0.1, 0.15) is 11.7 Å². The van der Waals surface area contributed by atoms with E-state index < -0.39 is 22.2 Å². The highest BCUT2D eigenvalue weighted by Crippen LogP contribution is 2.28. The van der Waals surface area contributed by atoms with E-state index in [1.165, 1.54) is 11.4 Å². The van der Waals surface area contributed by atoms with Crippen LogP contribution < -0.4 is 4.74 Å². The number of nitrogens with zero attached hydrogens (tertiary/aromatic N) is 3. The molecule has 3 atom stereocenters. The summed E-state index contributed by atoms with van der Waals surface area (Å²) in [7, 11) is -2.22. The summed E-state index contributed by atoms with van der Waals surface area (Å²) in [6.07, 6.45) is 2.64. The van der Waals surface area contributed by atoms with E-state index in [1.54, 1.807) is 54.4 Å². The van der Waals surface area contributed by atoms with Gasteiger partial charge in [0, 0.05) is 37.7 Å². The molecular weight excluding hydrogens is 466 g/mol. The van der Waals surface area contributed by atoms with Gasteiger partial charge in [0.25, 0.3) is 5.91 Å². The summed E-state index contributed by atoms with van der Waals surface area (Å²) in [5.41, 5.74) is 0.846. The van der Waals surface area contributed by atoms with Crippen molar-refractivity contribution >= 4 is 15.9 Å². The molecule has 188 valence electrons.